The lowest BCUT2D eigenvalue weighted by Crippen LogP contribution is -2.40. The minimum absolute atomic E-state index is 0.0408. The van der Waals surface area contributed by atoms with Crippen molar-refractivity contribution in [1.82, 2.24) is 5.32 Å². The average Bonchev–Trinajstić information content (AvgIpc) is 2.68. The smallest absolute Gasteiger partial charge is 0.255 e. The van der Waals surface area contributed by atoms with Crippen LogP contribution < -0.4 is 20.7 Å². The third kappa shape index (κ3) is 4.86. The maximum Gasteiger partial charge on any atom is 0.255 e. The molecule has 1 saturated heterocycles. The molecule has 0 aliphatic carbocycles. The van der Waals surface area contributed by atoms with Crippen molar-refractivity contribution < 1.29 is 18.7 Å². The number of carbonyl (C=O) groups is 2. The van der Waals surface area contributed by atoms with E-state index in [1.807, 2.05) is 0 Å². The Morgan fingerprint density at radius 3 is 2.71 bits per heavy atom. The van der Waals surface area contributed by atoms with E-state index in [9.17, 15) is 14.0 Å². The number of piperidine rings is 1. The van der Waals surface area contributed by atoms with Crippen LogP contribution in [-0.2, 0) is 4.79 Å². The molecule has 2 aromatic carbocycles. The fraction of sp³-hybridized carbons (Fsp3) is 0.333. The number of ether oxygens (including phenoxy) is 1. The summed E-state index contributed by atoms with van der Waals surface area (Å²) in [6.07, 6.45) is 1.57. The van der Waals surface area contributed by atoms with E-state index in [0.717, 1.165) is 25.5 Å². The van der Waals surface area contributed by atoms with Crippen LogP contribution in [0.1, 0.15) is 30.1 Å². The van der Waals surface area contributed by atoms with Crippen LogP contribution in [0.4, 0.5) is 15.8 Å². The van der Waals surface area contributed by atoms with Crippen LogP contribution in [0.5, 0.6) is 5.75 Å². The van der Waals surface area contributed by atoms with Crippen molar-refractivity contribution in [3.63, 3.8) is 0 Å². The highest BCUT2D eigenvalue weighted by molar-refractivity contribution is 6.05. The lowest BCUT2D eigenvalue weighted by Gasteiger charge is -2.27. The average molecular weight is 385 g/mol. The van der Waals surface area contributed by atoms with Gasteiger partial charge >= 0.3 is 0 Å². The van der Waals surface area contributed by atoms with Crippen LogP contribution in [0.15, 0.2) is 42.5 Å². The largest absolute Gasteiger partial charge is 0.495 e. The number of benzene rings is 2. The Hall–Kier alpha value is -2.93. The third-order valence-corrected chi connectivity index (χ3v) is 4.80. The van der Waals surface area contributed by atoms with E-state index in [1.165, 1.54) is 25.3 Å². The van der Waals surface area contributed by atoms with Gasteiger partial charge in [-0.3, -0.25) is 9.59 Å². The van der Waals surface area contributed by atoms with E-state index in [2.05, 4.69) is 22.9 Å². The molecule has 1 aliphatic rings. The minimum Gasteiger partial charge on any atom is -0.495 e. The molecule has 1 aliphatic heterocycles. The van der Waals surface area contributed by atoms with Crippen molar-refractivity contribution in [2.24, 2.45) is 5.92 Å². The fourth-order valence-electron chi connectivity index (χ4n) is 3.32. The van der Waals surface area contributed by atoms with Crippen LogP contribution in [-0.4, -0.2) is 31.5 Å². The topological polar surface area (TPSA) is 79.5 Å². The molecule has 28 heavy (non-hydrogen) atoms. The lowest BCUT2D eigenvalue weighted by atomic mass is 9.92. The standard InChI is InChI=1S/C21H24FN3O3/c1-13-10-15(8-9-23-13)20(26)24-17-6-7-19(28-2)18(12-17)25-21(27)14-4-3-5-16(22)11-14/h3-7,11-13,15,23H,8-10H2,1-2H3,(H,24,26)(H,25,27)/t13-,15-/m0/s1. The normalized spacial score (nSPS) is 19.0. The molecule has 148 valence electrons. The van der Waals surface area contributed by atoms with Crippen molar-refractivity contribution in [2.45, 2.75) is 25.8 Å². The molecule has 0 unspecified atom stereocenters. The second-order valence-corrected chi connectivity index (χ2v) is 6.95. The molecule has 2 atom stereocenters. The monoisotopic (exact) mass is 385 g/mol. The Morgan fingerprint density at radius 2 is 2.00 bits per heavy atom. The number of amides is 2. The molecule has 2 aromatic rings. The summed E-state index contributed by atoms with van der Waals surface area (Å²) in [5.74, 6) is -0.604. The summed E-state index contributed by atoms with van der Waals surface area (Å²) in [6.45, 7) is 2.88. The first-order valence-corrected chi connectivity index (χ1v) is 9.25. The number of halogens is 1. The molecule has 7 heteroatoms. The quantitative estimate of drug-likeness (QED) is 0.737. The number of hydrogen-bond acceptors (Lipinski definition) is 4. The molecule has 3 N–H and O–H groups in total. The number of rotatable bonds is 5. The molecular formula is C21H24FN3O3. The van der Waals surface area contributed by atoms with Crippen molar-refractivity contribution in [3.8, 4) is 5.75 Å². The van der Waals surface area contributed by atoms with E-state index in [4.69, 9.17) is 4.74 Å². The Bertz CT molecular complexity index is 872. The molecule has 0 saturated carbocycles. The first-order valence-electron chi connectivity index (χ1n) is 9.25. The van der Waals surface area contributed by atoms with Gasteiger partial charge in [-0.15, -0.1) is 0 Å². The number of methoxy groups -OCH3 is 1. The second-order valence-electron chi connectivity index (χ2n) is 6.95. The summed E-state index contributed by atoms with van der Waals surface area (Å²) in [7, 11) is 1.49. The van der Waals surface area contributed by atoms with Gasteiger partial charge in [0.1, 0.15) is 11.6 Å². The zero-order valence-electron chi connectivity index (χ0n) is 15.9. The number of hydrogen-bond donors (Lipinski definition) is 3. The molecule has 0 aromatic heterocycles. The maximum atomic E-state index is 13.4. The summed E-state index contributed by atoms with van der Waals surface area (Å²) in [4.78, 5) is 25.0. The van der Waals surface area contributed by atoms with Gasteiger partial charge in [0.15, 0.2) is 0 Å². The second kappa shape index (κ2) is 8.84. The van der Waals surface area contributed by atoms with E-state index in [-0.39, 0.29) is 17.4 Å². The van der Waals surface area contributed by atoms with E-state index in [0.29, 0.717) is 23.2 Å². The number of carbonyl (C=O) groups excluding carboxylic acids is 2. The zero-order chi connectivity index (χ0) is 20.1. The first-order chi connectivity index (χ1) is 13.5. The molecule has 2 amide bonds. The lowest BCUT2D eigenvalue weighted by molar-refractivity contribution is -0.120. The van der Waals surface area contributed by atoms with Crippen LogP contribution >= 0.6 is 0 Å². The van der Waals surface area contributed by atoms with Gasteiger partial charge < -0.3 is 20.7 Å². The van der Waals surface area contributed by atoms with Gasteiger partial charge in [-0.2, -0.15) is 0 Å². The van der Waals surface area contributed by atoms with Crippen LogP contribution in [0, 0.1) is 11.7 Å². The van der Waals surface area contributed by atoms with Gasteiger partial charge in [-0.05, 0) is 62.7 Å². The SMILES string of the molecule is COc1ccc(NC(=O)[C@H]2CCN[C@@H](C)C2)cc1NC(=O)c1cccc(F)c1. The zero-order valence-corrected chi connectivity index (χ0v) is 15.9. The summed E-state index contributed by atoms with van der Waals surface area (Å²) in [5, 5.41) is 8.95. The van der Waals surface area contributed by atoms with Gasteiger partial charge in [0.2, 0.25) is 5.91 Å². The molecule has 1 fully saturated rings. The molecule has 1 heterocycles. The first kappa shape index (κ1) is 19.8. The Labute approximate surface area is 163 Å². The summed E-state index contributed by atoms with van der Waals surface area (Å²) < 4.78 is 18.7. The molecule has 0 bridgehead atoms. The predicted octanol–water partition coefficient (Wildman–Crippen LogP) is 3.41. The highest BCUT2D eigenvalue weighted by atomic mass is 19.1. The van der Waals surface area contributed by atoms with E-state index in [1.54, 1.807) is 18.2 Å². The summed E-state index contributed by atoms with van der Waals surface area (Å²) >= 11 is 0. The van der Waals surface area contributed by atoms with E-state index >= 15 is 0 Å². The van der Waals surface area contributed by atoms with Crippen molar-refractivity contribution in [1.29, 1.82) is 0 Å². The number of nitrogens with one attached hydrogen (secondary N) is 3. The van der Waals surface area contributed by atoms with Crippen molar-refractivity contribution in [2.75, 3.05) is 24.3 Å². The number of anilines is 2. The molecule has 3 rings (SSSR count). The van der Waals surface area contributed by atoms with Gasteiger partial charge in [0.05, 0.1) is 12.8 Å². The van der Waals surface area contributed by atoms with E-state index < -0.39 is 11.7 Å². The van der Waals surface area contributed by atoms with Crippen LogP contribution in [0.25, 0.3) is 0 Å². The van der Waals surface area contributed by atoms with Gasteiger partial charge in [-0.25, -0.2) is 4.39 Å². The summed E-state index contributed by atoms with van der Waals surface area (Å²) in [5.41, 5.74) is 1.15. The van der Waals surface area contributed by atoms with Crippen LogP contribution in [0.2, 0.25) is 0 Å². The van der Waals surface area contributed by atoms with Gasteiger partial charge in [0.25, 0.3) is 5.91 Å². The van der Waals surface area contributed by atoms with Gasteiger partial charge in [-0.1, -0.05) is 6.07 Å². The fourth-order valence-corrected chi connectivity index (χ4v) is 3.32. The van der Waals surface area contributed by atoms with Crippen molar-refractivity contribution in [3.05, 3.63) is 53.8 Å². The Balaban J connectivity index is 1.74. The van der Waals surface area contributed by atoms with Crippen molar-refractivity contribution >= 4 is 23.2 Å². The predicted molar refractivity (Wildman–Crippen MR) is 106 cm³/mol. The Kier molecular flexibility index (Phi) is 6.26. The highest BCUT2D eigenvalue weighted by Crippen LogP contribution is 2.29. The van der Waals surface area contributed by atoms with Crippen LogP contribution in [0.3, 0.4) is 0 Å². The molecule has 0 spiro atoms. The molecular weight excluding hydrogens is 361 g/mol. The van der Waals surface area contributed by atoms with Gasteiger partial charge in [0, 0.05) is 23.2 Å². The minimum atomic E-state index is -0.489. The highest BCUT2D eigenvalue weighted by Gasteiger charge is 2.25. The third-order valence-electron chi connectivity index (χ3n) is 4.80. The molecule has 6 nitrogen and oxygen atoms in total. The summed E-state index contributed by atoms with van der Waals surface area (Å²) in [6, 6.07) is 10.8. The molecule has 0 radical (unpaired) electrons. The Morgan fingerprint density at radius 1 is 1.18 bits per heavy atom. The maximum absolute atomic E-state index is 13.4.